The summed E-state index contributed by atoms with van der Waals surface area (Å²) in [5.41, 5.74) is -1.39. The zero-order valence-electron chi connectivity index (χ0n) is 7.75. The number of pyridine rings is 1. The van der Waals surface area contributed by atoms with Crippen LogP contribution in [0.5, 0.6) is 0 Å². The number of alkyl halides is 3. The van der Waals surface area contributed by atoms with Crippen LogP contribution in [-0.2, 0) is 5.33 Å². The predicted octanol–water partition coefficient (Wildman–Crippen LogP) is 2.48. The van der Waals surface area contributed by atoms with E-state index in [9.17, 15) is 13.6 Å². The van der Waals surface area contributed by atoms with Crippen molar-refractivity contribution in [3.05, 3.63) is 28.6 Å². The number of nitriles is 1. The normalized spacial score (nSPS) is 10.2. The molecular weight excluding hydrogens is 286 g/mol. The highest BCUT2D eigenvalue weighted by Gasteiger charge is 2.20. The van der Waals surface area contributed by atoms with Gasteiger partial charge in [-0.2, -0.15) is 5.26 Å². The highest BCUT2D eigenvalue weighted by atomic mass is 79.9. The van der Waals surface area contributed by atoms with Gasteiger partial charge in [-0.1, -0.05) is 15.9 Å². The molecule has 7 heteroatoms. The maximum atomic E-state index is 12.5. The number of carboxylic acid groups (broad SMARTS) is 1. The fourth-order valence-electron chi connectivity index (χ4n) is 1.12. The molecule has 0 bridgehead atoms. The van der Waals surface area contributed by atoms with Crippen molar-refractivity contribution in [3.63, 3.8) is 0 Å². The third-order valence-electron chi connectivity index (χ3n) is 1.82. The molecule has 1 heterocycles. The molecule has 0 aliphatic heterocycles. The molecule has 0 unspecified atom stereocenters. The van der Waals surface area contributed by atoms with Crippen molar-refractivity contribution >= 4 is 21.9 Å². The van der Waals surface area contributed by atoms with Gasteiger partial charge in [-0.3, -0.25) is 0 Å². The monoisotopic (exact) mass is 290 g/mol. The van der Waals surface area contributed by atoms with E-state index in [-0.39, 0.29) is 10.9 Å². The Morgan fingerprint density at radius 2 is 2.31 bits per heavy atom. The van der Waals surface area contributed by atoms with Crippen molar-refractivity contribution in [2.24, 2.45) is 0 Å². The van der Waals surface area contributed by atoms with Gasteiger partial charge in [0.05, 0.1) is 5.56 Å². The van der Waals surface area contributed by atoms with E-state index in [1.54, 1.807) is 0 Å². The first-order valence-corrected chi connectivity index (χ1v) is 5.14. The van der Waals surface area contributed by atoms with Crippen LogP contribution in [0.4, 0.5) is 8.78 Å². The van der Waals surface area contributed by atoms with Gasteiger partial charge in [0.15, 0.2) is 5.69 Å². The predicted molar refractivity (Wildman–Crippen MR) is 53.5 cm³/mol. The maximum absolute atomic E-state index is 12.5. The number of aromatic carboxylic acids is 1. The quantitative estimate of drug-likeness (QED) is 0.868. The summed E-state index contributed by atoms with van der Waals surface area (Å²) >= 11 is 2.98. The molecule has 0 aliphatic rings. The summed E-state index contributed by atoms with van der Waals surface area (Å²) in [5, 5.41) is 17.4. The van der Waals surface area contributed by atoms with Crippen LogP contribution in [0.3, 0.4) is 0 Å². The van der Waals surface area contributed by atoms with Crippen LogP contribution in [0, 0.1) is 11.3 Å². The van der Waals surface area contributed by atoms with E-state index in [4.69, 9.17) is 10.4 Å². The smallest absolute Gasteiger partial charge is 0.354 e. The highest BCUT2D eigenvalue weighted by molar-refractivity contribution is 9.08. The van der Waals surface area contributed by atoms with Gasteiger partial charge in [0.1, 0.15) is 11.8 Å². The fraction of sp³-hybridized carbons (Fsp3) is 0.222. The molecule has 0 radical (unpaired) electrons. The van der Waals surface area contributed by atoms with Crippen LogP contribution in [-0.4, -0.2) is 16.1 Å². The molecule has 84 valence electrons. The van der Waals surface area contributed by atoms with Crippen LogP contribution in [0.1, 0.15) is 33.7 Å². The Hall–Kier alpha value is -1.55. The van der Waals surface area contributed by atoms with Crippen molar-refractivity contribution in [1.29, 1.82) is 5.26 Å². The number of hydrogen-bond acceptors (Lipinski definition) is 3. The molecule has 4 nitrogen and oxygen atoms in total. The lowest BCUT2D eigenvalue weighted by Gasteiger charge is -2.07. The van der Waals surface area contributed by atoms with Gasteiger partial charge < -0.3 is 5.11 Å². The van der Waals surface area contributed by atoms with Gasteiger partial charge in [0.25, 0.3) is 6.43 Å². The van der Waals surface area contributed by atoms with Crippen molar-refractivity contribution in [1.82, 2.24) is 4.98 Å². The molecule has 0 fully saturated rings. The van der Waals surface area contributed by atoms with E-state index in [2.05, 4.69) is 20.9 Å². The number of halogens is 3. The summed E-state index contributed by atoms with van der Waals surface area (Å²) in [6.07, 6.45) is -2.86. The summed E-state index contributed by atoms with van der Waals surface area (Å²) < 4.78 is 25.0. The zero-order valence-corrected chi connectivity index (χ0v) is 9.33. The third-order valence-corrected chi connectivity index (χ3v) is 2.42. The lowest BCUT2D eigenvalue weighted by molar-refractivity contribution is 0.0688. The highest BCUT2D eigenvalue weighted by Crippen LogP contribution is 2.25. The molecule has 0 atom stereocenters. The largest absolute Gasteiger partial charge is 0.477 e. The van der Waals surface area contributed by atoms with E-state index in [0.29, 0.717) is 0 Å². The van der Waals surface area contributed by atoms with Gasteiger partial charge in [-0.25, -0.2) is 18.6 Å². The molecule has 16 heavy (non-hydrogen) atoms. The van der Waals surface area contributed by atoms with E-state index >= 15 is 0 Å². The van der Waals surface area contributed by atoms with Gasteiger partial charge in [0, 0.05) is 5.33 Å². The van der Waals surface area contributed by atoms with Crippen LogP contribution in [0.2, 0.25) is 0 Å². The lowest BCUT2D eigenvalue weighted by atomic mass is 10.1. The van der Waals surface area contributed by atoms with Crippen LogP contribution < -0.4 is 0 Å². The number of carbonyl (C=O) groups is 1. The second kappa shape index (κ2) is 4.99. The second-order valence-corrected chi connectivity index (χ2v) is 3.35. The Balaban J connectivity index is 3.48. The first-order valence-electron chi connectivity index (χ1n) is 4.02. The minimum atomic E-state index is -2.86. The Morgan fingerprint density at radius 1 is 1.69 bits per heavy atom. The molecule has 0 aromatic carbocycles. The number of carboxylic acids is 1. The van der Waals surface area contributed by atoms with Crippen molar-refractivity contribution in [3.8, 4) is 6.07 Å². The molecule has 0 amide bonds. The summed E-state index contributed by atoms with van der Waals surface area (Å²) in [4.78, 5) is 14.2. The SMILES string of the molecule is N#Cc1nc(C(=O)O)c(CBr)cc1C(F)F. The second-order valence-electron chi connectivity index (χ2n) is 2.79. The number of rotatable bonds is 3. The molecule has 0 aliphatic carbocycles. The lowest BCUT2D eigenvalue weighted by Crippen LogP contribution is -2.09. The van der Waals surface area contributed by atoms with Crippen molar-refractivity contribution in [2.75, 3.05) is 0 Å². The Labute approximate surface area is 97.7 Å². The van der Waals surface area contributed by atoms with E-state index in [0.717, 1.165) is 6.07 Å². The van der Waals surface area contributed by atoms with E-state index < -0.39 is 29.3 Å². The average molecular weight is 291 g/mol. The standard InChI is InChI=1S/C9H5BrF2N2O2/c10-2-4-1-5(8(11)12)6(3-13)14-7(4)9(15)16/h1,8H,2H2,(H,15,16). The van der Waals surface area contributed by atoms with Crippen LogP contribution >= 0.6 is 15.9 Å². The van der Waals surface area contributed by atoms with Gasteiger partial charge in [0.2, 0.25) is 0 Å². The van der Waals surface area contributed by atoms with E-state index in [1.165, 1.54) is 6.07 Å². The Kier molecular flexibility index (Phi) is 3.90. The number of aromatic nitrogens is 1. The Bertz CT molecular complexity index is 471. The van der Waals surface area contributed by atoms with Gasteiger partial charge in [-0.05, 0) is 11.6 Å². The van der Waals surface area contributed by atoms with Crippen molar-refractivity contribution < 1.29 is 18.7 Å². The third kappa shape index (κ3) is 2.33. The summed E-state index contributed by atoms with van der Waals surface area (Å²) in [6.45, 7) is 0. The molecule has 1 rings (SSSR count). The first-order chi connectivity index (χ1) is 7.51. The molecule has 0 saturated carbocycles. The molecule has 1 N–H and O–H groups in total. The maximum Gasteiger partial charge on any atom is 0.354 e. The number of nitrogens with zero attached hydrogens (tertiary/aromatic N) is 2. The number of hydrogen-bond donors (Lipinski definition) is 1. The van der Waals surface area contributed by atoms with Gasteiger partial charge >= 0.3 is 5.97 Å². The Morgan fingerprint density at radius 3 is 2.69 bits per heavy atom. The summed E-state index contributed by atoms with van der Waals surface area (Å²) in [7, 11) is 0. The molecule has 0 spiro atoms. The molecule has 0 saturated heterocycles. The van der Waals surface area contributed by atoms with Crippen LogP contribution in [0.15, 0.2) is 6.07 Å². The van der Waals surface area contributed by atoms with E-state index in [1.807, 2.05) is 0 Å². The van der Waals surface area contributed by atoms with Gasteiger partial charge in [-0.15, -0.1) is 0 Å². The fourth-order valence-corrected chi connectivity index (χ4v) is 1.54. The van der Waals surface area contributed by atoms with Crippen molar-refractivity contribution in [2.45, 2.75) is 11.8 Å². The molecule has 1 aromatic heterocycles. The zero-order chi connectivity index (χ0) is 12.3. The summed E-state index contributed by atoms with van der Waals surface area (Å²) in [5.74, 6) is -1.35. The topological polar surface area (TPSA) is 74.0 Å². The molecule has 1 aromatic rings. The van der Waals surface area contributed by atoms with Crippen LogP contribution in [0.25, 0.3) is 0 Å². The molecular formula is C9H5BrF2N2O2. The minimum Gasteiger partial charge on any atom is -0.477 e. The average Bonchev–Trinajstić information content (AvgIpc) is 2.26. The minimum absolute atomic E-state index is 0.0765. The summed E-state index contributed by atoms with van der Waals surface area (Å²) in [6, 6.07) is 2.43. The first kappa shape index (κ1) is 12.5.